The van der Waals surface area contributed by atoms with E-state index in [0.717, 1.165) is 24.8 Å². The van der Waals surface area contributed by atoms with Crippen LogP contribution in [0.25, 0.3) is 0 Å². The maximum Gasteiger partial charge on any atom is 0.324 e. The minimum absolute atomic E-state index is 0.225. The Hall–Kier alpha value is -1.48. The summed E-state index contributed by atoms with van der Waals surface area (Å²) in [5, 5.41) is 9.21. The smallest absolute Gasteiger partial charge is 0.324 e. The largest absolute Gasteiger partial charge is 0.480 e. The summed E-state index contributed by atoms with van der Waals surface area (Å²) in [5.41, 5.74) is 0.899. The second-order valence-corrected chi connectivity index (χ2v) is 7.18. The summed E-state index contributed by atoms with van der Waals surface area (Å²) in [7, 11) is -3.80. The zero-order valence-electron chi connectivity index (χ0n) is 12.8. The average molecular weight is 342 g/mol. The number of piperidine rings is 1. The lowest BCUT2D eigenvalue weighted by Gasteiger charge is -2.27. The lowest BCUT2D eigenvalue weighted by atomic mass is 10.2. The third-order valence-electron chi connectivity index (χ3n) is 3.64. The number of hydrogen-bond acceptors (Lipinski definition) is 4. The topological polar surface area (TPSA) is 95.9 Å². The molecule has 1 aromatic rings. The van der Waals surface area contributed by atoms with Crippen molar-refractivity contribution in [1.82, 2.24) is 9.03 Å². The van der Waals surface area contributed by atoms with Crippen molar-refractivity contribution in [2.45, 2.75) is 31.9 Å². The van der Waals surface area contributed by atoms with Crippen molar-refractivity contribution in [2.24, 2.45) is 0 Å². The molecule has 0 unspecified atom stereocenters. The first-order valence-corrected chi connectivity index (χ1v) is 9.05. The molecule has 1 heterocycles. The van der Waals surface area contributed by atoms with Gasteiger partial charge in [0.15, 0.2) is 0 Å². The number of carboxylic acid groups (broad SMARTS) is 1. The molecule has 2 rings (SSSR count). The Bertz CT molecular complexity index is 600. The molecule has 1 atom stereocenters. The molecule has 23 heavy (non-hydrogen) atoms. The summed E-state index contributed by atoms with van der Waals surface area (Å²) in [6, 6.07) is 7.99. The van der Waals surface area contributed by atoms with Crippen LogP contribution >= 0.6 is 0 Å². The van der Waals surface area contributed by atoms with Gasteiger partial charge in [0.25, 0.3) is 10.2 Å². The molecule has 0 bridgehead atoms. The molecule has 0 aliphatic carbocycles. The predicted molar refractivity (Wildman–Crippen MR) is 85.0 cm³/mol. The number of nitrogens with zero attached hydrogens (tertiary/aromatic N) is 1. The van der Waals surface area contributed by atoms with E-state index >= 15 is 0 Å². The SMILES string of the molecule is O=C(O)[C@H](COCc1ccccc1)NS(=O)(=O)N1CCCCC1. The molecule has 128 valence electrons. The molecule has 0 saturated carbocycles. The maximum atomic E-state index is 12.2. The van der Waals surface area contributed by atoms with Crippen LogP contribution in [0.5, 0.6) is 0 Å². The molecule has 2 N–H and O–H groups in total. The van der Waals surface area contributed by atoms with Crippen LogP contribution in [-0.2, 0) is 26.3 Å². The van der Waals surface area contributed by atoms with E-state index in [0.29, 0.717) is 13.1 Å². The summed E-state index contributed by atoms with van der Waals surface area (Å²) in [6.07, 6.45) is 2.58. The Morgan fingerprint density at radius 1 is 1.22 bits per heavy atom. The highest BCUT2D eigenvalue weighted by atomic mass is 32.2. The number of hydrogen-bond donors (Lipinski definition) is 2. The van der Waals surface area contributed by atoms with Crippen molar-refractivity contribution in [2.75, 3.05) is 19.7 Å². The monoisotopic (exact) mass is 342 g/mol. The number of ether oxygens (including phenoxy) is 1. The molecule has 0 radical (unpaired) electrons. The number of aliphatic carboxylic acids is 1. The second-order valence-electron chi connectivity index (χ2n) is 5.47. The van der Waals surface area contributed by atoms with Crippen LogP contribution < -0.4 is 4.72 Å². The van der Waals surface area contributed by atoms with Gasteiger partial charge in [-0.3, -0.25) is 4.79 Å². The van der Waals surface area contributed by atoms with Crippen molar-refractivity contribution in [3.05, 3.63) is 35.9 Å². The van der Waals surface area contributed by atoms with Gasteiger partial charge in [-0.2, -0.15) is 17.4 Å². The zero-order valence-corrected chi connectivity index (χ0v) is 13.7. The summed E-state index contributed by atoms with van der Waals surface area (Å²) in [6.45, 7) is 0.854. The van der Waals surface area contributed by atoms with Crippen molar-refractivity contribution in [3.63, 3.8) is 0 Å². The van der Waals surface area contributed by atoms with Crippen LogP contribution in [-0.4, -0.2) is 49.5 Å². The Balaban J connectivity index is 1.89. The van der Waals surface area contributed by atoms with Crippen LogP contribution in [0, 0.1) is 0 Å². The standard InChI is InChI=1S/C15H22N2O5S/c18-15(19)14(12-22-11-13-7-3-1-4-8-13)16-23(20,21)17-9-5-2-6-10-17/h1,3-4,7-8,14,16H,2,5-6,9-12H2,(H,18,19)/t14-/m0/s1. The van der Waals surface area contributed by atoms with Crippen molar-refractivity contribution >= 4 is 16.2 Å². The van der Waals surface area contributed by atoms with E-state index in [1.807, 2.05) is 30.3 Å². The Morgan fingerprint density at radius 2 is 1.87 bits per heavy atom. The average Bonchev–Trinajstić information content (AvgIpc) is 2.55. The zero-order chi connectivity index (χ0) is 16.7. The van der Waals surface area contributed by atoms with Gasteiger partial charge in [0.2, 0.25) is 0 Å². The van der Waals surface area contributed by atoms with E-state index in [1.54, 1.807) is 0 Å². The third-order valence-corrected chi connectivity index (χ3v) is 5.27. The highest BCUT2D eigenvalue weighted by molar-refractivity contribution is 7.87. The maximum absolute atomic E-state index is 12.2. The fraction of sp³-hybridized carbons (Fsp3) is 0.533. The third kappa shape index (κ3) is 5.58. The number of rotatable bonds is 8. The van der Waals surface area contributed by atoms with Gasteiger partial charge in [-0.25, -0.2) is 0 Å². The van der Waals surface area contributed by atoms with Gasteiger partial charge in [0.05, 0.1) is 13.2 Å². The van der Waals surface area contributed by atoms with E-state index in [9.17, 15) is 18.3 Å². The summed E-state index contributed by atoms with van der Waals surface area (Å²) in [4.78, 5) is 11.3. The van der Waals surface area contributed by atoms with E-state index in [-0.39, 0.29) is 13.2 Å². The van der Waals surface area contributed by atoms with Gasteiger partial charge >= 0.3 is 5.97 Å². The molecule has 0 spiro atoms. The first kappa shape index (κ1) is 17.9. The molecule has 1 aliphatic rings. The lowest BCUT2D eigenvalue weighted by Crippen LogP contribution is -2.51. The van der Waals surface area contributed by atoms with E-state index < -0.39 is 22.2 Å². The van der Waals surface area contributed by atoms with Crippen LogP contribution in [0.15, 0.2) is 30.3 Å². The highest BCUT2D eigenvalue weighted by Crippen LogP contribution is 2.12. The van der Waals surface area contributed by atoms with E-state index in [1.165, 1.54) is 4.31 Å². The Labute approximate surface area is 136 Å². The minimum Gasteiger partial charge on any atom is -0.480 e. The Morgan fingerprint density at radius 3 is 2.48 bits per heavy atom. The molecule has 0 aromatic heterocycles. The van der Waals surface area contributed by atoms with Crippen molar-refractivity contribution < 1.29 is 23.1 Å². The van der Waals surface area contributed by atoms with Gasteiger partial charge in [-0.15, -0.1) is 0 Å². The molecule has 1 fully saturated rings. The van der Waals surface area contributed by atoms with Crippen LogP contribution in [0.1, 0.15) is 24.8 Å². The van der Waals surface area contributed by atoms with Gasteiger partial charge in [0.1, 0.15) is 6.04 Å². The van der Waals surface area contributed by atoms with E-state index in [2.05, 4.69) is 4.72 Å². The number of carbonyl (C=O) groups is 1. The summed E-state index contributed by atoms with van der Waals surface area (Å²) in [5.74, 6) is -1.25. The molecular weight excluding hydrogens is 320 g/mol. The quantitative estimate of drug-likeness (QED) is 0.734. The van der Waals surface area contributed by atoms with Gasteiger partial charge < -0.3 is 9.84 Å². The summed E-state index contributed by atoms with van der Waals surface area (Å²) < 4.78 is 33.3. The molecule has 0 amide bonds. The minimum atomic E-state index is -3.80. The van der Waals surface area contributed by atoms with Crippen LogP contribution in [0.2, 0.25) is 0 Å². The predicted octanol–water partition coefficient (Wildman–Crippen LogP) is 0.977. The first-order chi connectivity index (χ1) is 11.0. The van der Waals surface area contributed by atoms with Crippen molar-refractivity contribution in [1.29, 1.82) is 0 Å². The van der Waals surface area contributed by atoms with Crippen molar-refractivity contribution in [3.8, 4) is 0 Å². The fourth-order valence-electron chi connectivity index (χ4n) is 2.38. The second kappa shape index (κ2) is 8.39. The Kier molecular flexibility index (Phi) is 6.52. The molecular formula is C15H22N2O5S. The van der Waals surface area contributed by atoms with Gasteiger partial charge in [0, 0.05) is 13.1 Å². The number of nitrogens with one attached hydrogen (secondary N) is 1. The molecule has 1 aliphatic heterocycles. The van der Waals surface area contributed by atoms with Gasteiger partial charge in [-0.05, 0) is 18.4 Å². The van der Waals surface area contributed by atoms with Crippen LogP contribution in [0.3, 0.4) is 0 Å². The number of carboxylic acids is 1. The lowest BCUT2D eigenvalue weighted by molar-refractivity contribution is -0.140. The summed E-state index contributed by atoms with van der Waals surface area (Å²) >= 11 is 0. The fourth-order valence-corrected chi connectivity index (χ4v) is 3.80. The van der Waals surface area contributed by atoms with E-state index in [4.69, 9.17) is 4.74 Å². The molecule has 1 aromatic carbocycles. The normalized spacial score (nSPS) is 17.7. The number of benzene rings is 1. The highest BCUT2D eigenvalue weighted by Gasteiger charge is 2.30. The molecule has 8 heteroatoms. The van der Waals surface area contributed by atoms with Crippen LogP contribution in [0.4, 0.5) is 0 Å². The first-order valence-electron chi connectivity index (χ1n) is 7.61. The van der Waals surface area contributed by atoms with Gasteiger partial charge in [-0.1, -0.05) is 36.8 Å². The molecule has 1 saturated heterocycles. The molecule has 7 nitrogen and oxygen atoms in total.